The highest BCUT2D eigenvalue weighted by Crippen LogP contribution is 2.19. The molecule has 1 atom stereocenters. The highest BCUT2D eigenvalue weighted by Gasteiger charge is 2.37. The fraction of sp³-hybridized carbons (Fsp3) is 0.333. The van der Waals surface area contributed by atoms with Gasteiger partial charge >= 0.3 is 0 Å². The van der Waals surface area contributed by atoms with E-state index in [4.69, 9.17) is 0 Å². The van der Waals surface area contributed by atoms with Crippen molar-refractivity contribution in [2.45, 2.75) is 18.9 Å². The van der Waals surface area contributed by atoms with Crippen molar-refractivity contribution in [3.8, 4) is 0 Å². The maximum absolute atomic E-state index is 12.6. The number of Topliss-reactive ketones (excluding diaryl/α,β-unsaturated/α-hetero) is 1. The number of carbonyl (C=O) groups is 5. The molecule has 1 aromatic heterocycles. The van der Waals surface area contributed by atoms with Gasteiger partial charge in [-0.3, -0.25) is 29.0 Å². The molecule has 10 heteroatoms. The summed E-state index contributed by atoms with van der Waals surface area (Å²) in [7, 11) is 1.41. The van der Waals surface area contributed by atoms with Crippen molar-refractivity contribution >= 4 is 40.3 Å². The van der Waals surface area contributed by atoms with Crippen LogP contribution in [0.4, 0.5) is 0 Å². The molecule has 0 spiro atoms. The second-order valence-corrected chi connectivity index (χ2v) is 7.02. The Morgan fingerprint density at radius 2 is 1.84 bits per heavy atom. The Labute approximate surface area is 178 Å². The van der Waals surface area contributed by atoms with Crippen molar-refractivity contribution in [3.05, 3.63) is 42.1 Å². The molecule has 1 aliphatic heterocycles. The number of nitrogens with one attached hydrogen (secondary N) is 3. The molecular formula is C21H23N5O5. The average molecular weight is 425 g/mol. The van der Waals surface area contributed by atoms with Crippen LogP contribution in [-0.4, -0.2) is 72.0 Å². The molecule has 2 heterocycles. The van der Waals surface area contributed by atoms with E-state index in [1.54, 1.807) is 24.3 Å². The van der Waals surface area contributed by atoms with Crippen molar-refractivity contribution in [1.29, 1.82) is 0 Å². The van der Waals surface area contributed by atoms with E-state index >= 15 is 0 Å². The Hall–Kier alpha value is -3.82. The largest absolute Gasteiger partial charge is 0.358 e. The minimum Gasteiger partial charge on any atom is -0.358 e. The number of likely N-dealkylation sites (N-methyl/N-ethyl adjacent to an activating group) is 1. The summed E-state index contributed by atoms with van der Waals surface area (Å²) in [5, 5.41) is 7.82. The van der Waals surface area contributed by atoms with Gasteiger partial charge < -0.3 is 20.9 Å². The normalized spacial score (nSPS) is 15.4. The first-order valence-electron chi connectivity index (χ1n) is 9.86. The van der Waals surface area contributed by atoms with Crippen molar-refractivity contribution in [1.82, 2.24) is 25.8 Å². The molecule has 10 nitrogen and oxygen atoms in total. The van der Waals surface area contributed by atoms with Gasteiger partial charge in [0.2, 0.25) is 17.6 Å². The third-order valence-corrected chi connectivity index (χ3v) is 5.08. The highest BCUT2D eigenvalue weighted by atomic mass is 16.2. The second kappa shape index (κ2) is 9.79. The first-order valence-corrected chi connectivity index (χ1v) is 9.86. The van der Waals surface area contributed by atoms with Crippen LogP contribution in [-0.2, 0) is 19.2 Å². The van der Waals surface area contributed by atoms with Gasteiger partial charge in [0.05, 0.1) is 24.2 Å². The number of carbonyl (C=O) groups excluding carboxylic acids is 5. The van der Waals surface area contributed by atoms with Gasteiger partial charge in [0.15, 0.2) is 0 Å². The van der Waals surface area contributed by atoms with E-state index in [0.717, 1.165) is 0 Å². The van der Waals surface area contributed by atoms with Gasteiger partial charge in [0.25, 0.3) is 11.8 Å². The SMILES string of the molecule is CNC(=O)CNC(=O)C(=O)[C@@H]1CCCN1C(=O)CNC(=O)c1ccnc2ccccc12. The summed E-state index contributed by atoms with van der Waals surface area (Å²) < 4.78 is 0. The summed E-state index contributed by atoms with van der Waals surface area (Å²) in [6.45, 7) is -0.317. The fourth-order valence-electron chi connectivity index (χ4n) is 3.47. The van der Waals surface area contributed by atoms with E-state index in [1.807, 2.05) is 6.07 Å². The van der Waals surface area contributed by atoms with Crippen molar-refractivity contribution < 1.29 is 24.0 Å². The molecule has 0 unspecified atom stereocenters. The van der Waals surface area contributed by atoms with E-state index < -0.39 is 35.5 Å². The van der Waals surface area contributed by atoms with Crippen LogP contribution in [0.2, 0.25) is 0 Å². The highest BCUT2D eigenvalue weighted by molar-refractivity contribution is 6.38. The van der Waals surface area contributed by atoms with Crippen LogP contribution in [0.5, 0.6) is 0 Å². The minimum absolute atomic E-state index is 0.306. The maximum atomic E-state index is 12.6. The standard InChI is InChI=1S/C21H23N5O5/c1-22-17(27)11-24-21(31)19(29)16-7-4-10-26(16)18(28)12-25-20(30)14-8-9-23-15-6-3-2-5-13(14)15/h2-3,5-6,8-9,16H,4,7,10-12H2,1H3,(H,22,27)(H,24,31)(H,25,30)/t16-/m0/s1. The Morgan fingerprint density at radius 3 is 2.61 bits per heavy atom. The predicted octanol–water partition coefficient (Wildman–Crippen LogP) is -0.613. The van der Waals surface area contributed by atoms with E-state index in [-0.39, 0.29) is 13.1 Å². The van der Waals surface area contributed by atoms with Crippen LogP contribution in [0, 0.1) is 0 Å². The summed E-state index contributed by atoms with van der Waals surface area (Å²) in [5.74, 6) is -3.02. The molecule has 1 fully saturated rings. The van der Waals surface area contributed by atoms with Gasteiger partial charge in [-0.1, -0.05) is 18.2 Å². The maximum Gasteiger partial charge on any atom is 0.290 e. The molecule has 2 aromatic rings. The van der Waals surface area contributed by atoms with Crippen LogP contribution in [0.15, 0.2) is 36.5 Å². The van der Waals surface area contributed by atoms with E-state index in [9.17, 15) is 24.0 Å². The first kappa shape index (κ1) is 21.9. The van der Waals surface area contributed by atoms with E-state index in [1.165, 1.54) is 18.1 Å². The van der Waals surface area contributed by atoms with Gasteiger partial charge in [-0.25, -0.2) is 0 Å². The van der Waals surface area contributed by atoms with Gasteiger partial charge in [0, 0.05) is 25.2 Å². The summed E-state index contributed by atoms with van der Waals surface area (Å²) >= 11 is 0. The smallest absolute Gasteiger partial charge is 0.290 e. The van der Waals surface area contributed by atoms with Crippen molar-refractivity contribution in [2.24, 2.45) is 0 Å². The van der Waals surface area contributed by atoms with E-state index in [0.29, 0.717) is 35.9 Å². The van der Waals surface area contributed by atoms with Gasteiger partial charge in [-0.2, -0.15) is 0 Å². The molecule has 1 aliphatic rings. The lowest BCUT2D eigenvalue weighted by atomic mass is 10.1. The molecule has 1 aromatic carbocycles. The van der Waals surface area contributed by atoms with Gasteiger partial charge in [-0.05, 0) is 25.0 Å². The number of rotatable bonds is 7. The molecule has 1 saturated heterocycles. The second-order valence-electron chi connectivity index (χ2n) is 7.02. The fourth-order valence-corrected chi connectivity index (χ4v) is 3.47. The molecule has 0 radical (unpaired) electrons. The zero-order chi connectivity index (χ0) is 22.4. The lowest BCUT2D eigenvalue weighted by Crippen LogP contribution is -2.50. The average Bonchev–Trinajstić information content (AvgIpc) is 3.29. The van der Waals surface area contributed by atoms with Crippen molar-refractivity contribution in [2.75, 3.05) is 26.7 Å². The van der Waals surface area contributed by atoms with Crippen LogP contribution in [0.25, 0.3) is 10.9 Å². The zero-order valence-electron chi connectivity index (χ0n) is 17.0. The molecule has 0 aliphatic carbocycles. The predicted molar refractivity (Wildman–Crippen MR) is 111 cm³/mol. The number of amides is 4. The third-order valence-electron chi connectivity index (χ3n) is 5.08. The molecule has 162 valence electrons. The number of pyridine rings is 1. The third kappa shape index (κ3) is 5.03. The number of likely N-dealkylation sites (tertiary alicyclic amines) is 1. The monoisotopic (exact) mass is 425 g/mol. The van der Waals surface area contributed by atoms with Crippen LogP contribution >= 0.6 is 0 Å². The number of para-hydroxylation sites is 1. The van der Waals surface area contributed by atoms with Crippen molar-refractivity contribution in [3.63, 3.8) is 0 Å². The quantitative estimate of drug-likeness (QED) is 0.506. The summed E-state index contributed by atoms with van der Waals surface area (Å²) in [4.78, 5) is 66.5. The Kier molecular flexibility index (Phi) is 6.91. The minimum atomic E-state index is -0.916. The van der Waals surface area contributed by atoms with Crippen LogP contribution in [0.3, 0.4) is 0 Å². The summed E-state index contributed by atoms with van der Waals surface area (Å²) in [5.41, 5.74) is 1.05. The molecule has 31 heavy (non-hydrogen) atoms. The lowest BCUT2D eigenvalue weighted by Gasteiger charge is -2.23. The molecule has 0 bridgehead atoms. The molecule has 4 amide bonds. The molecule has 3 N–H and O–H groups in total. The van der Waals surface area contributed by atoms with Crippen LogP contribution in [0.1, 0.15) is 23.2 Å². The Bertz CT molecular complexity index is 1030. The molecular weight excluding hydrogens is 402 g/mol. The van der Waals surface area contributed by atoms with Crippen LogP contribution < -0.4 is 16.0 Å². The number of nitrogens with zero attached hydrogens (tertiary/aromatic N) is 2. The zero-order valence-corrected chi connectivity index (χ0v) is 17.0. The van der Waals surface area contributed by atoms with Gasteiger partial charge in [0.1, 0.15) is 6.04 Å². The number of ketones is 1. The number of benzene rings is 1. The number of hydrogen-bond acceptors (Lipinski definition) is 6. The number of aromatic nitrogens is 1. The molecule has 3 rings (SSSR count). The summed E-state index contributed by atoms with van der Waals surface area (Å²) in [6, 6.07) is 7.83. The van der Waals surface area contributed by atoms with E-state index in [2.05, 4.69) is 20.9 Å². The number of fused-ring (bicyclic) bond motifs is 1. The number of hydrogen-bond donors (Lipinski definition) is 3. The molecule has 0 saturated carbocycles. The first-order chi connectivity index (χ1) is 14.9. The lowest BCUT2D eigenvalue weighted by molar-refractivity contribution is -0.144. The topological polar surface area (TPSA) is 138 Å². The summed E-state index contributed by atoms with van der Waals surface area (Å²) in [6.07, 6.45) is 2.43. The Morgan fingerprint density at radius 1 is 1.06 bits per heavy atom. The Balaban J connectivity index is 1.60. The van der Waals surface area contributed by atoms with Gasteiger partial charge in [-0.15, -0.1) is 0 Å².